The maximum absolute atomic E-state index is 13.8. The number of aliphatic hydroxyl groups is 1. The molecule has 0 radical (unpaired) electrons. The molecular formula is C29H33N3O4S. The molecule has 1 aliphatic heterocycles. The lowest BCUT2D eigenvalue weighted by atomic mass is 9.94. The fourth-order valence-corrected chi connectivity index (χ4v) is 5.58. The molecule has 37 heavy (non-hydrogen) atoms. The van der Waals surface area contributed by atoms with Gasteiger partial charge in [0.2, 0.25) is 5.78 Å². The Balaban J connectivity index is 1.71. The second-order valence-corrected chi connectivity index (χ2v) is 10.2. The standard InChI is InChI=1S/C29H33N3O4S/c1-5-31(6-2)16-11-17-32-25(21-12-10-15-23(18-21)36-22-13-8-7-9-14-22)24(27(34)29(32)35)26(33)28-19(3)30-20(4)37-28/h7-10,12-15,18,25,34H,5-6,11,16-17H2,1-4H3. The van der Waals surface area contributed by atoms with Gasteiger partial charge in [-0.25, -0.2) is 4.98 Å². The van der Waals surface area contributed by atoms with Gasteiger partial charge in [0, 0.05) is 6.54 Å². The maximum atomic E-state index is 13.8. The minimum absolute atomic E-state index is 0.0939. The summed E-state index contributed by atoms with van der Waals surface area (Å²) in [4.78, 5) is 35.8. The number of carbonyl (C=O) groups is 2. The number of hydrogen-bond acceptors (Lipinski definition) is 7. The molecular weight excluding hydrogens is 486 g/mol. The molecule has 1 aromatic heterocycles. The van der Waals surface area contributed by atoms with Gasteiger partial charge < -0.3 is 19.6 Å². The van der Waals surface area contributed by atoms with E-state index in [1.807, 2.05) is 61.5 Å². The minimum Gasteiger partial charge on any atom is -0.503 e. The zero-order valence-electron chi connectivity index (χ0n) is 21.7. The highest BCUT2D eigenvalue weighted by atomic mass is 32.1. The molecule has 1 amide bonds. The molecule has 0 saturated carbocycles. The maximum Gasteiger partial charge on any atom is 0.290 e. The Morgan fingerprint density at radius 1 is 1.08 bits per heavy atom. The number of thiazole rings is 1. The number of ether oxygens (including phenoxy) is 1. The van der Waals surface area contributed by atoms with E-state index < -0.39 is 17.7 Å². The number of nitrogens with zero attached hydrogens (tertiary/aromatic N) is 3. The SMILES string of the molecule is CCN(CC)CCCN1C(=O)C(O)=C(C(=O)c2sc(C)nc2C)C1c1cccc(Oc2ccccc2)c1. The minimum atomic E-state index is -0.724. The number of Topliss-reactive ketones (excluding diaryl/α,β-unsaturated/α-hetero) is 1. The molecule has 0 bridgehead atoms. The number of hydrogen-bond donors (Lipinski definition) is 1. The number of rotatable bonds is 11. The Hall–Kier alpha value is -3.49. The van der Waals surface area contributed by atoms with Gasteiger partial charge in [-0.2, -0.15) is 0 Å². The van der Waals surface area contributed by atoms with Gasteiger partial charge in [-0.1, -0.05) is 44.2 Å². The lowest BCUT2D eigenvalue weighted by Crippen LogP contribution is -2.34. The van der Waals surface area contributed by atoms with Gasteiger partial charge in [-0.05, 0) is 69.7 Å². The Kier molecular flexibility index (Phi) is 8.41. The van der Waals surface area contributed by atoms with E-state index in [0.29, 0.717) is 34.2 Å². The van der Waals surface area contributed by atoms with Crippen molar-refractivity contribution in [3.63, 3.8) is 0 Å². The molecule has 0 fully saturated rings. The van der Waals surface area contributed by atoms with E-state index in [9.17, 15) is 14.7 Å². The van der Waals surface area contributed by atoms with Crippen LogP contribution in [0.2, 0.25) is 0 Å². The number of benzene rings is 2. The summed E-state index contributed by atoms with van der Waals surface area (Å²) in [5.41, 5.74) is 1.40. The number of para-hydroxylation sites is 1. The average molecular weight is 520 g/mol. The molecule has 3 aromatic rings. The van der Waals surface area contributed by atoms with Crippen molar-refractivity contribution < 1.29 is 19.4 Å². The summed E-state index contributed by atoms with van der Waals surface area (Å²) in [7, 11) is 0. The van der Waals surface area contributed by atoms with E-state index in [4.69, 9.17) is 4.74 Å². The average Bonchev–Trinajstić information content (AvgIpc) is 3.37. The van der Waals surface area contributed by atoms with Gasteiger partial charge in [0.15, 0.2) is 5.76 Å². The molecule has 0 spiro atoms. The molecule has 2 heterocycles. The number of aryl methyl sites for hydroxylation is 2. The number of aliphatic hydroxyl groups excluding tert-OH is 1. The van der Waals surface area contributed by atoms with Crippen LogP contribution in [-0.2, 0) is 4.79 Å². The van der Waals surface area contributed by atoms with Crippen molar-refractivity contribution >= 4 is 23.0 Å². The first-order valence-electron chi connectivity index (χ1n) is 12.6. The van der Waals surface area contributed by atoms with Crippen molar-refractivity contribution in [1.82, 2.24) is 14.8 Å². The lowest BCUT2D eigenvalue weighted by molar-refractivity contribution is -0.129. The van der Waals surface area contributed by atoms with E-state index in [2.05, 4.69) is 23.7 Å². The van der Waals surface area contributed by atoms with Crippen LogP contribution in [0.25, 0.3) is 0 Å². The summed E-state index contributed by atoms with van der Waals surface area (Å²) in [6, 6.07) is 16.1. The zero-order valence-corrected chi connectivity index (χ0v) is 22.5. The van der Waals surface area contributed by atoms with E-state index in [-0.39, 0.29) is 11.4 Å². The monoisotopic (exact) mass is 519 g/mol. The Morgan fingerprint density at radius 2 is 1.78 bits per heavy atom. The van der Waals surface area contributed by atoms with Crippen LogP contribution in [0.3, 0.4) is 0 Å². The van der Waals surface area contributed by atoms with Crippen LogP contribution in [0.15, 0.2) is 65.9 Å². The van der Waals surface area contributed by atoms with Crippen LogP contribution in [0, 0.1) is 13.8 Å². The first-order valence-corrected chi connectivity index (χ1v) is 13.4. The fraction of sp³-hybridized carbons (Fsp3) is 0.345. The fourth-order valence-electron chi connectivity index (χ4n) is 4.70. The predicted molar refractivity (Wildman–Crippen MR) is 145 cm³/mol. The van der Waals surface area contributed by atoms with Gasteiger partial charge in [-0.3, -0.25) is 9.59 Å². The largest absolute Gasteiger partial charge is 0.503 e. The van der Waals surface area contributed by atoms with Crippen molar-refractivity contribution in [2.24, 2.45) is 0 Å². The molecule has 1 unspecified atom stereocenters. The van der Waals surface area contributed by atoms with Crippen LogP contribution < -0.4 is 4.74 Å². The molecule has 194 valence electrons. The zero-order chi connectivity index (χ0) is 26.5. The van der Waals surface area contributed by atoms with Crippen molar-refractivity contribution in [2.45, 2.75) is 40.2 Å². The highest BCUT2D eigenvalue weighted by Crippen LogP contribution is 2.41. The Morgan fingerprint density at radius 3 is 2.43 bits per heavy atom. The van der Waals surface area contributed by atoms with Gasteiger partial charge in [0.1, 0.15) is 11.5 Å². The first-order chi connectivity index (χ1) is 17.8. The van der Waals surface area contributed by atoms with Crippen LogP contribution in [0.5, 0.6) is 11.5 Å². The molecule has 4 rings (SSSR count). The van der Waals surface area contributed by atoms with Crippen LogP contribution >= 0.6 is 11.3 Å². The quantitative estimate of drug-likeness (QED) is 0.320. The Bertz CT molecular complexity index is 1300. The van der Waals surface area contributed by atoms with Gasteiger partial charge in [0.05, 0.1) is 27.2 Å². The third kappa shape index (κ3) is 5.76. The summed E-state index contributed by atoms with van der Waals surface area (Å²) < 4.78 is 6.03. The van der Waals surface area contributed by atoms with Gasteiger partial charge in [-0.15, -0.1) is 11.3 Å². The topological polar surface area (TPSA) is 83.0 Å². The number of ketones is 1. The number of amides is 1. The lowest BCUT2D eigenvalue weighted by Gasteiger charge is -2.28. The molecule has 1 N–H and O–H groups in total. The van der Waals surface area contributed by atoms with Gasteiger partial charge >= 0.3 is 0 Å². The molecule has 8 heteroatoms. The molecule has 0 saturated heterocycles. The number of aromatic nitrogens is 1. The molecule has 7 nitrogen and oxygen atoms in total. The second-order valence-electron chi connectivity index (χ2n) is 9.01. The van der Waals surface area contributed by atoms with Crippen LogP contribution in [-0.4, -0.2) is 57.8 Å². The second kappa shape index (κ2) is 11.7. The predicted octanol–water partition coefficient (Wildman–Crippen LogP) is 5.86. The van der Waals surface area contributed by atoms with Crippen LogP contribution in [0.1, 0.15) is 52.2 Å². The van der Waals surface area contributed by atoms with E-state index >= 15 is 0 Å². The highest BCUT2D eigenvalue weighted by molar-refractivity contribution is 7.14. The Labute approximate surface area is 222 Å². The van der Waals surface area contributed by atoms with E-state index in [1.54, 1.807) is 11.8 Å². The molecule has 1 atom stereocenters. The third-order valence-electron chi connectivity index (χ3n) is 6.58. The molecule has 2 aromatic carbocycles. The van der Waals surface area contributed by atoms with Crippen LogP contribution in [0.4, 0.5) is 0 Å². The summed E-state index contributed by atoms with van der Waals surface area (Å²) in [6.45, 7) is 10.9. The first kappa shape index (κ1) is 26.6. The molecule has 1 aliphatic rings. The summed E-state index contributed by atoms with van der Waals surface area (Å²) in [6.07, 6.45) is 0.720. The van der Waals surface area contributed by atoms with Gasteiger partial charge in [0.25, 0.3) is 5.91 Å². The van der Waals surface area contributed by atoms with Crippen molar-refractivity contribution in [2.75, 3.05) is 26.2 Å². The highest BCUT2D eigenvalue weighted by Gasteiger charge is 2.44. The van der Waals surface area contributed by atoms with Crippen molar-refractivity contribution in [3.05, 3.63) is 87.1 Å². The third-order valence-corrected chi connectivity index (χ3v) is 7.65. The van der Waals surface area contributed by atoms with E-state index in [1.165, 1.54) is 11.3 Å². The molecule has 0 aliphatic carbocycles. The number of carbonyl (C=O) groups excluding carboxylic acids is 2. The summed E-state index contributed by atoms with van der Waals surface area (Å²) >= 11 is 1.28. The summed E-state index contributed by atoms with van der Waals surface area (Å²) in [5, 5.41) is 11.8. The van der Waals surface area contributed by atoms with Crippen molar-refractivity contribution in [1.29, 1.82) is 0 Å². The normalized spacial score (nSPS) is 15.6. The van der Waals surface area contributed by atoms with Crippen molar-refractivity contribution in [3.8, 4) is 11.5 Å². The smallest absolute Gasteiger partial charge is 0.290 e. The van der Waals surface area contributed by atoms with E-state index in [0.717, 1.165) is 31.1 Å². The summed E-state index contributed by atoms with van der Waals surface area (Å²) in [5.74, 6) is -0.107.